The van der Waals surface area contributed by atoms with Gasteiger partial charge in [0.1, 0.15) is 11.3 Å². The van der Waals surface area contributed by atoms with Gasteiger partial charge in [0.2, 0.25) is 11.9 Å². The zero-order valence-corrected chi connectivity index (χ0v) is 13.9. The van der Waals surface area contributed by atoms with Gasteiger partial charge in [-0.2, -0.15) is 15.0 Å². The molecule has 2 aromatic heterocycles. The van der Waals surface area contributed by atoms with Gasteiger partial charge in [-0.1, -0.05) is 42.1 Å². The monoisotopic (exact) mass is 350 g/mol. The molecule has 0 saturated heterocycles. The van der Waals surface area contributed by atoms with Gasteiger partial charge in [-0.15, -0.1) is 0 Å². The van der Waals surface area contributed by atoms with Gasteiger partial charge in [0.15, 0.2) is 5.58 Å². The number of nitrogens with two attached hydrogens (primary N) is 1. The maximum absolute atomic E-state index is 5.79. The van der Waals surface area contributed by atoms with Crippen molar-refractivity contribution in [2.24, 2.45) is 0 Å². The first kappa shape index (κ1) is 15.4. The number of nitrogens with zero attached hydrogens (tertiary/aromatic N) is 4. The summed E-state index contributed by atoms with van der Waals surface area (Å²) < 4.78 is 5.68. The fraction of sp³-hybridized carbons (Fsp3) is 0.0588. The Morgan fingerprint density at radius 1 is 0.920 bits per heavy atom. The van der Waals surface area contributed by atoms with Crippen molar-refractivity contribution >= 4 is 40.4 Å². The second-order valence-electron chi connectivity index (χ2n) is 5.16. The Morgan fingerprint density at radius 2 is 1.72 bits per heavy atom. The molecule has 0 amide bonds. The van der Waals surface area contributed by atoms with Crippen molar-refractivity contribution in [2.45, 2.75) is 11.0 Å². The number of nitrogen functional groups attached to an aromatic ring is 1. The van der Waals surface area contributed by atoms with Gasteiger partial charge >= 0.3 is 0 Å². The molecule has 124 valence electrons. The minimum absolute atomic E-state index is 0.168. The minimum atomic E-state index is 0.168. The molecule has 25 heavy (non-hydrogen) atoms. The molecule has 0 radical (unpaired) electrons. The van der Waals surface area contributed by atoms with Crippen LogP contribution in [0.15, 0.2) is 64.2 Å². The molecule has 2 heterocycles. The number of fused-ring (bicyclic) bond motifs is 1. The summed E-state index contributed by atoms with van der Waals surface area (Å²) in [6.45, 7) is 0. The SMILES string of the molecule is Nc1nc(CSc2nc3ccccc3o2)nc(Nc2ccccc2)n1. The number of hydrogen-bond donors (Lipinski definition) is 2. The molecule has 0 saturated carbocycles. The lowest BCUT2D eigenvalue weighted by atomic mass is 10.3. The second kappa shape index (κ2) is 6.78. The molecular weight excluding hydrogens is 336 g/mol. The molecule has 4 rings (SSSR count). The van der Waals surface area contributed by atoms with E-state index in [4.69, 9.17) is 10.2 Å². The van der Waals surface area contributed by atoms with Crippen LogP contribution in [0.5, 0.6) is 0 Å². The number of thioether (sulfide) groups is 1. The molecule has 0 aliphatic carbocycles. The minimum Gasteiger partial charge on any atom is -0.431 e. The number of hydrogen-bond acceptors (Lipinski definition) is 8. The Bertz CT molecular complexity index is 971. The number of oxazole rings is 1. The van der Waals surface area contributed by atoms with Crippen LogP contribution in [0.4, 0.5) is 17.6 Å². The van der Waals surface area contributed by atoms with E-state index in [0.29, 0.717) is 22.7 Å². The Labute approximate surface area is 147 Å². The van der Waals surface area contributed by atoms with E-state index in [1.165, 1.54) is 11.8 Å². The Kier molecular flexibility index (Phi) is 4.17. The van der Waals surface area contributed by atoms with Gasteiger partial charge in [-0.25, -0.2) is 4.98 Å². The van der Waals surface area contributed by atoms with E-state index in [1.54, 1.807) is 0 Å². The Hall–Kier alpha value is -3.13. The van der Waals surface area contributed by atoms with Crippen LogP contribution in [0.25, 0.3) is 11.1 Å². The molecule has 0 fully saturated rings. The Balaban J connectivity index is 1.50. The number of anilines is 3. The number of rotatable bonds is 5. The first-order valence-electron chi connectivity index (χ1n) is 7.57. The third-order valence-corrected chi connectivity index (χ3v) is 4.15. The summed E-state index contributed by atoms with van der Waals surface area (Å²) in [7, 11) is 0. The van der Waals surface area contributed by atoms with E-state index in [0.717, 1.165) is 16.8 Å². The van der Waals surface area contributed by atoms with Gasteiger partial charge in [0, 0.05) is 5.69 Å². The highest BCUT2D eigenvalue weighted by molar-refractivity contribution is 7.98. The summed E-state index contributed by atoms with van der Waals surface area (Å²) in [4.78, 5) is 17.1. The van der Waals surface area contributed by atoms with Crippen molar-refractivity contribution in [1.82, 2.24) is 19.9 Å². The van der Waals surface area contributed by atoms with Crippen LogP contribution < -0.4 is 11.1 Å². The average molecular weight is 350 g/mol. The molecule has 0 spiro atoms. The molecule has 2 aromatic carbocycles. The van der Waals surface area contributed by atoms with Gasteiger partial charge in [0.05, 0.1) is 5.75 Å². The summed E-state index contributed by atoms with van der Waals surface area (Å²) in [5.74, 6) is 1.61. The van der Waals surface area contributed by atoms with Gasteiger partial charge in [0.25, 0.3) is 5.22 Å². The quantitative estimate of drug-likeness (QED) is 0.526. The molecule has 0 atom stereocenters. The third-order valence-electron chi connectivity index (χ3n) is 3.33. The molecule has 0 aliphatic rings. The zero-order valence-electron chi connectivity index (χ0n) is 13.1. The average Bonchev–Trinajstić information content (AvgIpc) is 3.03. The van der Waals surface area contributed by atoms with Crippen LogP contribution in [0.1, 0.15) is 5.82 Å². The summed E-state index contributed by atoms with van der Waals surface area (Å²) in [6.07, 6.45) is 0. The molecule has 7 nitrogen and oxygen atoms in total. The van der Waals surface area contributed by atoms with E-state index in [2.05, 4.69) is 25.3 Å². The van der Waals surface area contributed by atoms with Crippen molar-refractivity contribution in [3.8, 4) is 0 Å². The fourth-order valence-electron chi connectivity index (χ4n) is 2.25. The molecular formula is C17H14N6OS. The number of benzene rings is 2. The van der Waals surface area contributed by atoms with Crippen molar-refractivity contribution in [3.05, 3.63) is 60.4 Å². The van der Waals surface area contributed by atoms with Crippen LogP contribution in [0.3, 0.4) is 0 Å². The lowest BCUT2D eigenvalue weighted by molar-refractivity contribution is 0.489. The highest BCUT2D eigenvalue weighted by atomic mass is 32.2. The first-order valence-corrected chi connectivity index (χ1v) is 8.56. The van der Waals surface area contributed by atoms with E-state index < -0.39 is 0 Å². The van der Waals surface area contributed by atoms with E-state index in [9.17, 15) is 0 Å². The lowest BCUT2D eigenvalue weighted by Crippen LogP contribution is -2.06. The van der Waals surface area contributed by atoms with Crippen LogP contribution in [0.2, 0.25) is 0 Å². The molecule has 0 bridgehead atoms. The van der Waals surface area contributed by atoms with Crippen LogP contribution >= 0.6 is 11.8 Å². The fourth-order valence-corrected chi connectivity index (χ4v) is 2.94. The summed E-state index contributed by atoms with van der Waals surface area (Å²) in [5, 5.41) is 3.68. The zero-order chi connectivity index (χ0) is 17.1. The van der Waals surface area contributed by atoms with Crippen molar-refractivity contribution in [3.63, 3.8) is 0 Å². The highest BCUT2D eigenvalue weighted by Crippen LogP contribution is 2.25. The highest BCUT2D eigenvalue weighted by Gasteiger charge is 2.09. The summed E-state index contributed by atoms with van der Waals surface area (Å²) in [6, 6.07) is 17.3. The van der Waals surface area contributed by atoms with Gasteiger partial charge in [-0.3, -0.25) is 0 Å². The van der Waals surface area contributed by atoms with E-state index >= 15 is 0 Å². The summed E-state index contributed by atoms with van der Waals surface area (Å²) >= 11 is 1.41. The second-order valence-corrected chi connectivity index (χ2v) is 6.09. The molecule has 3 N–H and O–H groups in total. The number of nitrogens with one attached hydrogen (secondary N) is 1. The standard InChI is InChI=1S/C17H14N6OS/c18-15-21-14(22-16(23-15)19-11-6-2-1-3-7-11)10-25-17-20-12-8-4-5-9-13(12)24-17/h1-9H,10H2,(H3,18,19,21,22,23). The molecule has 0 unspecified atom stereocenters. The smallest absolute Gasteiger partial charge is 0.257 e. The van der Waals surface area contributed by atoms with E-state index in [1.807, 2.05) is 54.6 Å². The van der Waals surface area contributed by atoms with Crippen molar-refractivity contribution < 1.29 is 4.42 Å². The van der Waals surface area contributed by atoms with Crippen LogP contribution in [-0.4, -0.2) is 19.9 Å². The van der Waals surface area contributed by atoms with Gasteiger partial charge < -0.3 is 15.5 Å². The summed E-state index contributed by atoms with van der Waals surface area (Å²) in [5.41, 5.74) is 8.25. The number of para-hydroxylation sites is 3. The molecule has 8 heteroatoms. The third kappa shape index (κ3) is 3.69. The Morgan fingerprint density at radius 3 is 2.56 bits per heavy atom. The topological polar surface area (TPSA) is 103 Å². The van der Waals surface area contributed by atoms with Gasteiger partial charge in [-0.05, 0) is 24.3 Å². The number of aromatic nitrogens is 4. The first-order chi connectivity index (χ1) is 12.3. The maximum Gasteiger partial charge on any atom is 0.257 e. The van der Waals surface area contributed by atoms with Crippen molar-refractivity contribution in [2.75, 3.05) is 11.1 Å². The largest absolute Gasteiger partial charge is 0.431 e. The van der Waals surface area contributed by atoms with Crippen LogP contribution in [0, 0.1) is 0 Å². The normalized spacial score (nSPS) is 10.9. The predicted molar refractivity (Wildman–Crippen MR) is 97.5 cm³/mol. The lowest BCUT2D eigenvalue weighted by Gasteiger charge is -2.06. The van der Waals surface area contributed by atoms with Crippen LogP contribution in [-0.2, 0) is 5.75 Å². The van der Waals surface area contributed by atoms with Crippen molar-refractivity contribution in [1.29, 1.82) is 0 Å². The predicted octanol–water partition coefficient (Wildman–Crippen LogP) is 3.63. The molecule has 0 aliphatic heterocycles. The van der Waals surface area contributed by atoms with E-state index in [-0.39, 0.29) is 5.95 Å². The molecule has 4 aromatic rings. The maximum atomic E-state index is 5.79.